The first kappa shape index (κ1) is 10.9. The molecule has 2 N–H and O–H groups in total. The number of rotatable bonds is 2. The van der Waals surface area contributed by atoms with Gasteiger partial charge in [0.05, 0.1) is 5.69 Å². The van der Waals surface area contributed by atoms with Crippen LogP contribution in [0.4, 0.5) is 0 Å². The van der Waals surface area contributed by atoms with Crippen LogP contribution in [-0.2, 0) is 13.6 Å². The molecule has 16 heavy (non-hydrogen) atoms. The third-order valence-electron chi connectivity index (χ3n) is 2.76. The fourth-order valence-electron chi connectivity index (χ4n) is 1.99. The van der Waals surface area contributed by atoms with Crippen molar-refractivity contribution < 1.29 is 0 Å². The molecule has 2 rings (SSSR count). The molecular weight excluding hydrogens is 198 g/mol. The van der Waals surface area contributed by atoms with Crippen molar-refractivity contribution in [3.8, 4) is 11.3 Å². The Hall–Kier alpha value is -1.61. The van der Waals surface area contributed by atoms with Crippen LogP contribution in [0, 0.1) is 13.8 Å². The Morgan fingerprint density at radius 3 is 2.69 bits per heavy atom. The minimum atomic E-state index is 0.524. The van der Waals surface area contributed by atoms with Gasteiger partial charge in [-0.05, 0) is 19.4 Å². The van der Waals surface area contributed by atoms with E-state index in [-0.39, 0.29) is 0 Å². The van der Waals surface area contributed by atoms with Gasteiger partial charge < -0.3 is 5.73 Å². The minimum absolute atomic E-state index is 0.524. The highest BCUT2D eigenvalue weighted by Gasteiger charge is 2.10. The van der Waals surface area contributed by atoms with Crippen molar-refractivity contribution in [3.63, 3.8) is 0 Å². The molecule has 1 aromatic carbocycles. The van der Waals surface area contributed by atoms with E-state index < -0.39 is 0 Å². The summed E-state index contributed by atoms with van der Waals surface area (Å²) < 4.78 is 1.82. The average molecular weight is 215 g/mol. The lowest BCUT2D eigenvalue weighted by molar-refractivity contribution is 0.769. The van der Waals surface area contributed by atoms with Crippen LogP contribution in [0.2, 0.25) is 0 Å². The lowest BCUT2D eigenvalue weighted by Crippen LogP contribution is -1.97. The summed E-state index contributed by atoms with van der Waals surface area (Å²) in [7, 11) is 1.92. The smallest absolute Gasteiger partial charge is 0.0970 e. The van der Waals surface area contributed by atoms with Gasteiger partial charge in [0.1, 0.15) is 0 Å². The second-order valence-electron chi connectivity index (χ2n) is 4.20. The number of nitrogens with zero attached hydrogens (tertiary/aromatic N) is 2. The number of hydrogen-bond donors (Lipinski definition) is 1. The Bertz CT molecular complexity index is 512. The van der Waals surface area contributed by atoms with Crippen LogP contribution in [0.3, 0.4) is 0 Å². The molecular formula is C13H17N3. The molecule has 0 aliphatic rings. The van der Waals surface area contributed by atoms with Gasteiger partial charge in [-0.2, -0.15) is 5.10 Å². The second-order valence-corrected chi connectivity index (χ2v) is 4.20. The molecule has 0 saturated carbocycles. The lowest BCUT2D eigenvalue weighted by Gasteiger charge is -2.05. The standard InChI is InChI=1S/C13H17N3/c1-9-4-5-12(10(2)6-9)13-11(7-14)8-16(3)15-13/h4-6,8H,7,14H2,1-3H3. The summed E-state index contributed by atoms with van der Waals surface area (Å²) >= 11 is 0. The van der Waals surface area contributed by atoms with Crippen LogP contribution in [0.25, 0.3) is 11.3 Å². The zero-order valence-electron chi connectivity index (χ0n) is 9.99. The topological polar surface area (TPSA) is 43.8 Å². The highest BCUT2D eigenvalue weighted by atomic mass is 15.3. The zero-order chi connectivity index (χ0) is 11.7. The molecule has 0 aliphatic heterocycles. The molecule has 3 nitrogen and oxygen atoms in total. The van der Waals surface area contributed by atoms with Crippen molar-refractivity contribution in [1.82, 2.24) is 9.78 Å². The van der Waals surface area contributed by atoms with Crippen molar-refractivity contribution in [2.45, 2.75) is 20.4 Å². The van der Waals surface area contributed by atoms with E-state index in [2.05, 4.69) is 37.1 Å². The van der Waals surface area contributed by atoms with E-state index in [0.29, 0.717) is 6.54 Å². The summed E-state index contributed by atoms with van der Waals surface area (Å²) in [5, 5.41) is 4.48. The number of hydrogen-bond acceptors (Lipinski definition) is 2. The first-order valence-corrected chi connectivity index (χ1v) is 5.42. The van der Waals surface area contributed by atoms with Crippen molar-refractivity contribution >= 4 is 0 Å². The quantitative estimate of drug-likeness (QED) is 0.834. The lowest BCUT2D eigenvalue weighted by atomic mass is 10.0. The van der Waals surface area contributed by atoms with E-state index in [0.717, 1.165) is 11.3 Å². The third kappa shape index (κ3) is 1.86. The maximum Gasteiger partial charge on any atom is 0.0970 e. The Labute approximate surface area is 95.9 Å². The van der Waals surface area contributed by atoms with Crippen LogP contribution in [0.15, 0.2) is 24.4 Å². The summed E-state index contributed by atoms with van der Waals surface area (Å²) in [6.07, 6.45) is 1.98. The molecule has 0 amide bonds. The monoisotopic (exact) mass is 215 g/mol. The van der Waals surface area contributed by atoms with Crippen molar-refractivity contribution in [2.75, 3.05) is 0 Å². The maximum atomic E-state index is 5.73. The molecule has 0 fully saturated rings. The van der Waals surface area contributed by atoms with E-state index in [1.807, 2.05) is 17.9 Å². The second kappa shape index (κ2) is 4.10. The van der Waals surface area contributed by atoms with Gasteiger partial charge in [0.2, 0.25) is 0 Å². The fraction of sp³-hybridized carbons (Fsp3) is 0.308. The molecule has 0 atom stereocenters. The van der Waals surface area contributed by atoms with Crippen LogP contribution in [0.5, 0.6) is 0 Å². The average Bonchev–Trinajstić information content (AvgIpc) is 2.59. The van der Waals surface area contributed by atoms with E-state index >= 15 is 0 Å². The zero-order valence-corrected chi connectivity index (χ0v) is 9.99. The van der Waals surface area contributed by atoms with E-state index in [4.69, 9.17) is 5.73 Å². The summed E-state index contributed by atoms with van der Waals surface area (Å²) in [5.74, 6) is 0. The van der Waals surface area contributed by atoms with Gasteiger partial charge in [-0.3, -0.25) is 4.68 Å². The Kier molecular flexibility index (Phi) is 2.79. The molecule has 0 bridgehead atoms. The van der Waals surface area contributed by atoms with Gasteiger partial charge in [-0.25, -0.2) is 0 Å². The van der Waals surface area contributed by atoms with Gasteiger partial charge in [0, 0.05) is 30.9 Å². The van der Waals surface area contributed by atoms with E-state index in [1.165, 1.54) is 16.7 Å². The molecule has 1 heterocycles. The molecule has 0 unspecified atom stereocenters. The summed E-state index contributed by atoms with van der Waals surface area (Å²) in [6.45, 7) is 4.73. The normalized spacial score (nSPS) is 10.8. The molecule has 2 aromatic rings. The van der Waals surface area contributed by atoms with Gasteiger partial charge in [0.25, 0.3) is 0 Å². The predicted octanol–water partition coefficient (Wildman–Crippen LogP) is 2.16. The number of nitrogens with two attached hydrogens (primary N) is 1. The van der Waals surface area contributed by atoms with E-state index in [1.54, 1.807) is 0 Å². The summed E-state index contributed by atoms with van der Waals surface area (Å²) in [4.78, 5) is 0. The van der Waals surface area contributed by atoms with Gasteiger partial charge in [0.15, 0.2) is 0 Å². The summed E-state index contributed by atoms with van der Waals surface area (Å²) in [5.41, 5.74) is 11.5. The van der Waals surface area contributed by atoms with Crippen LogP contribution >= 0.6 is 0 Å². The van der Waals surface area contributed by atoms with Crippen LogP contribution in [-0.4, -0.2) is 9.78 Å². The van der Waals surface area contributed by atoms with E-state index in [9.17, 15) is 0 Å². The molecule has 1 aromatic heterocycles. The Balaban J connectivity index is 2.57. The van der Waals surface area contributed by atoms with Gasteiger partial charge in [-0.1, -0.05) is 23.8 Å². The van der Waals surface area contributed by atoms with Gasteiger partial charge in [-0.15, -0.1) is 0 Å². The van der Waals surface area contributed by atoms with Crippen molar-refractivity contribution in [1.29, 1.82) is 0 Å². The van der Waals surface area contributed by atoms with Gasteiger partial charge >= 0.3 is 0 Å². The van der Waals surface area contributed by atoms with Crippen LogP contribution in [0.1, 0.15) is 16.7 Å². The highest BCUT2D eigenvalue weighted by Crippen LogP contribution is 2.25. The third-order valence-corrected chi connectivity index (χ3v) is 2.76. The molecule has 0 saturated heterocycles. The molecule has 0 radical (unpaired) electrons. The van der Waals surface area contributed by atoms with Crippen molar-refractivity contribution in [2.24, 2.45) is 12.8 Å². The number of aryl methyl sites for hydroxylation is 3. The SMILES string of the molecule is Cc1ccc(-c2nn(C)cc2CN)c(C)c1. The van der Waals surface area contributed by atoms with Crippen LogP contribution < -0.4 is 5.73 Å². The predicted molar refractivity (Wildman–Crippen MR) is 66.0 cm³/mol. The fourth-order valence-corrected chi connectivity index (χ4v) is 1.99. The van der Waals surface area contributed by atoms with Crippen molar-refractivity contribution in [3.05, 3.63) is 41.1 Å². The minimum Gasteiger partial charge on any atom is -0.326 e. The largest absolute Gasteiger partial charge is 0.326 e. The first-order valence-electron chi connectivity index (χ1n) is 5.42. The molecule has 0 spiro atoms. The highest BCUT2D eigenvalue weighted by molar-refractivity contribution is 5.66. The maximum absolute atomic E-state index is 5.73. The molecule has 84 valence electrons. The number of benzene rings is 1. The summed E-state index contributed by atoms with van der Waals surface area (Å²) in [6, 6.07) is 6.40. The molecule has 3 heteroatoms. The Morgan fingerprint density at radius 1 is 1.31 bits per heavy atom. The first-order chi connectivity index (χ1) is 7.61. The Morgan fingerprint density at radius 2 is 2.06 bits per heavy atom. The molecule has 0 aliphatic carbocycles. The number of aromatic nitrogens is 2.